The predicted molar refractivity (Wildman–Crippen MR) is 90.6 cm³/mol. The third-order valence-electron chi connectivity index (χ3n) is 3.32. The van der Waals surface area contributed by atoms with Crippen LogP contribution in [0.25, 0.3) is 6.08 Å². The molecule has 5 heteroatoms. The summed E-state index contributed by atoms with van der Waals surface area (Å²) in [5, 5.41) is 3.34. The van der Waals surface area contributed by atoms with Crippen LogP contribution in [-0.4, -0.2) is 18.1 Å². The van der Waals surface area contributed by atoms with E-state index in [2.05, 4.69) is 5.32 Å². The fourth-order valence-electron chi connectivity index (χ4n) is 2.22. The Morgan fingerprint density at radius 1 is 1.09 bits per heavy atom. The molecule has 22 heavy (non-hydrogen) atoms. The van der Waals surface area contributed by atoms with Crippen molar-refractivity contribution >= 4 is 35.0 Å². The average molecular weight is 310 g/mol. The Labute approximate surface area is 134 Å². The Bertz CT molecular complexity index is 739. The Hall–Kier alpha value is -2.66. The van der Waals surface area contributed by atoms with Gasteiger partial charge in [0.15, 0.2) is 5.11 Å². The molecule has 2 aromatic rings. The van der Waals surface area contributed by atoms with Gasteiger partial charge in [-0.1, -0.05) is 30.3 Å². The van der Waals surface area contributed by atoms with Gasteiger partial charge in [0.05, 0.1) is 12.8 Å². The molecular weight excluding hydrogens is 296 g/mol. The topological polar surface area (TPSA) is 41.6 Å². The standard InChI is InChI=1S/C17H14N2O2S/c1-21-14-9-7-13(8-10-14)19-16(20)15(18-17(19)22)11-12-5-3-2-4-6-12/h2-11H,1H3,(H,18,22). The maximum absolute atomic E-state index is 12.6. The first-order valence-corrected chi connectivity index (χ1v) is 7.16. The molecule has 1 aliphatic heterocycles. The smallest absolute Gasteiger partial charge is 0.281 e. The van der Waals surface area contributed by atoms with Crippen LogP contribution in [-0.2, 0) is 4.79 Å². The lowest BCUT2D eigenvalue weighted by molar-refractivity contribution is -0.113. The largest absolute Gasteiger partial charge is 0.497 e. The predicted octanol–water partition coefficient (Wildman–Crippen LogP) is 2.96. The van der Waals surface area contributed by atoms with Crippen molar-refractivity contribution in [2.75, 3.05) is 12.0 Å². The Balaban J connectivity index is 1.89. The SMILES string of the molecule is COc1ccc(N2C(=O)C(=Cc3ccccc3)NC2=S)cc1. The van der Waals surface area contributed by atoms with E-state index in [4.69, 9.17) is 17.0 Å². The number of carbonyl (C=O) groups excluding carboxylic acids is 1. The molecule has 1 heterocycles. The number of anilines is 1. The van der Waals surface area contributed by atoms with Crippen LogP contribution in [0.4, 0.5) is 5.69 Å². The Morgan fingerprint density at radius 2 is 1.77 bits per heavy atom. The molecule has 1 aliphatic rings. The van der Waals surface area contributed by atoms with E-state index in [0.29, 0.717) is 16.5 Å². The van der Waals surface area contributed by atoms with Gasteiger partial charge in [0.2, 0.25) is 0 Å². The first-order valence-electron chi connectivity index (χ1n) is 6.75. The molecule has 1 N–H and O–H groups in total. The molecule has 0 aliphatic carbocycles. The normalized spacial score (nSPS) is 16.0. The van der Waals surface area contributed by atoms with E-state index in [-0.39, 0.29) is 5.91 Å². The highest BCUT2D eigenvalue weighted by Gasteiger charge is 2.31. The third kappa shape index (κ3) is 2.71. The first kappa shape index (κ1) is 14.3. The molecule has 2 aromatic carbocycles. The van der Waals surface area contributed by atoms with Crippen molar-refractivity contribution in [2.24, 2.45) is 0 Å². The number of nitrogens with one attached hydrogen (secondary N) is 1. The number of nitrogens with zero attached hydrogens (tertiary/aromatic N) is 1. The number of amides is 1. The zero-order valence-electron chi connectivity index (χ0n) is 11.9. The van der Waals surface area contributed by atoms with Crippen LogP contribution >= 0.6 is 12.2 Å². The van der Waals surface area contributed by atoms with E-state index in [1.165, 1.54) is 4.90 Å². The van der Waals surface area contributed by atoms with Gasteiger partial charge in [-0.15, -0.1) is 0 Å². The molecule has 3 rings (SSSR count). The third-order valence-corrected chi connectivity index (χ3v) is 3.60. The van der Waals surface area contributed by atoms with Crippen molar-refractivity contribution in [3.63, 3.8) is 0 Å². The van der Waals surface area contributed by atoms with Crippen molar-refractivity contribution in [3.8, 4) is 5.75 Å². The highest BCUT2D eigenvalue weighted by molar-refractivity contribution is 7.80. The summed E-state index contributed by atoms with van der Waals surface area (Å²) >= 11 is 5.28. The molecule has 1 amide bonds. The van der Waals surface area contributed by atoms with Crippen LogP contribution in [0, 0.1) is 0 Å². The second-order valence-electron chi connectivity index (χ2n) is 4.74. The van der Waals surface area contributed by atoms with E-state index in [1.54, 1.807) is 37.5 Å². The van der Waals surface area contributed by atoms with Gasteiger partial charge in [0, 0.05) is 0 Å². The van der Waals surface area contributed by atoms with Crippen molar-refractivity contribution in [1.29, 1.82) is 0 Å². The minimum Gasteiger partial charge on any atom is -0.497 e. The summed E-state index contributed by atoms with van der Waals surface area (Å²) in [5.74, 6) is 0.563. The van der Waals surface area contributed by atoms with Gasteiger partial charge in [-0.2, -0.15) is 0 Å². The van der Waals surface area contributed by atoms with Crippen LogP contribution in [0.3, 0.4) is 0 Å². The summed E-state index contributed by atoms with van der Waals surface area (Å²) in [5.41, 5.74) is 2.12. The first-order chi connectivity index (χ1) is 10.7. The summed E-state index contributed by atoms with van der Waals surface area (Å²) < 4.78 is 5.12. The van der Waals surface area contributed by atoms with Gasteiger partial charge < -0.3 is 10.1 Å². The second-order valence-corrected chi connectivity index (χ2v) is 5.12. The highest BCUT2D eigenvalue weighted by atomic mass is 32.1. The van der Waals surface area contributed by atoms with Crippen molar-refractivity contribution < 1.29 is 9.53 Å². The number of thiocarbonyl (C=S) groups is 1. The van der Waals surface area contributed by atoms with E-state index >= 15 is 0 Å². The molecule has 0 atom stereocenters. The second kappa shape index (κ2) is 5.99. The minimum absolute atomic E-state index is 0.168. The molecule has 1 saturated heterocycles. The number of rotatable bonds is 3. The van der Waals surface area contributed by atoms with Gasteiger partial charge in [0.25, 0.3) is 5.91 Å². The lowest BCUT2D eigenvalue weighted by atomic mass is 10.2. The molecule has 1 fully saturated rings. The monoisotopic (exact) mass is 310 g/mol. The number of methoxy groups -OCH3 is 1. The van der Waals surface area contributed by atoms with Crippen LogP contribution in [0.1, 0.15) is 5.56 Å². The Kier molecular flexibility index (Phi) is 3.89. The van der Waals surface area contributed by atoms with Crippen LogP contribution in [0.15, 0.2) is 60.3 Å². The molecule has 0 saturated carbocycles. The molecule has 0 radical (unpaired) electrons. The van der Waals surface area contributed by atoms with E-state index in [9.17, 15) is 4.79 Å². The molecule has 0 unspecified atom stereocenters. The summed E-state index contributed by atoms with van der Waals surface area (Å²) in [7, 11) is 1.60. The summed E-state index contributed by atoms with van der Waals surface area (Å²) in [4.78, 5) is 14.0. The summed E-state index contributed by atoms with van der Waals surface area (Å²) in [6, 6.07) is 16.8. The fraction of sp³-hybridized carbons (Fsp3) is 0.0588. The lowest BCUT2D eigenvalue weighted by Gasteiger charge is -2.14. The summed E-state index contributed by atoms with van der Waals surface area (Å²) in [6.45, 7) is 0. The number of hydrogen-bond acceptors (Lipinski definition) is 3. The molecule has 0 bridgehead atoms. The van der Waals surface area contributed by atoms with Crippen molar-refractivity contribution in [3.05, 3.63) is 65.9 Å². The maximum atomic E-state index is 12.6. The maximum Gasteiger partial charge on any atom is 0.281 e. The van der Waals surface area contributed by atoms with Crippen molar-refractivity contribution in [2.45, 2.75) is 0 Å². The molecular formula is C17H14N2O2S. The van der Waals surface area contributed by atoms with Crippen LogP contribution in [0.5, 0.6) is 5.75 Å². The molecule has 4 nitrogen and oxygen atoms in total. The summed E-state index contributed by atoms with van der Waals surface area (Å²) in [6.07, 6.45) is 1.79. The van der Waals surface area contributed by atoms with E-state index in [0.717, 1.165) is 11.3 Å². The van der Waals surface area contributed by atoms with Crippen LogP contribution in [0.2, 0.25) is 0 Å². The zero-order chi connectivity index (χ0) is 15.5. The molecule has 0 aromatic heterocycles. The van der Waals surface area contributed by atoms with Crippen LogP contribution < -0.4 is 15.0 Å². The van der Waals surface area contributed by atoms with E-state index < -0.39 is 0 Å². The molecule has 110 valence electrons. The minimum atomic E-state index is -0.168. The van der Waals surface area contributed by atoms with Gasteiger partial charge in [-0.3, -0.25) is 9.69 Å². The fourth-order valence-corrected chi connectivity index (χ4v) is 2.52. The Morgan fingerprint density at radius 3 is 2.41 bits per heavy atom. The lowest BCUT2D eigenvalue weighted by Crippen LogP contribution is -2.30. The number of benzene rings is 2. The zero-order valence-corrected chi connectivity index (χ0v) is 12.8. The van der Waals surface area contributed by atoms with Gasteiger partial charge in [-0.05, 0) is 48.1 Å². The van der Waals surface area contributed by atoms with Gasteiger partial charge in [0.1, 0.15) is 11.4 Å². The van der Waals surface area contributed by atoms with Gasteiger partial charge in [-0.25, -0.2) is 0 Å². The number of ether oxygens (including phenoxy) is 1. The van der Waals surface area contributed by atoms with E-state index in [1.807, 2.05) is 30.3 Å². The number of hydrogen-bond donors (Lipinski definition) is 1. The molecule has 0 spiro atoms. The average Bonchev–Trinajstić information content (AvgIpc) is 2.82. The van der Waals surface area contributed by atoms with Crippen molar-refractivity contribution in [1.82, 2.24) is 5.32 Å². The van der Waals surface area contributed by atoms with Gasteiger partial charge >= 0.3 is 0 Å². The quantitative estimate of drug-likeness (QED) is 0.699. The highest BCUT2D eigenvalue weighted by Crippen LogP contribution is 2.24. The number of carbonyl (C=O) groups is 1.